The standard InChI is InChI=1S/C23H22Cl2N4O2/c1-14(2)28(22(30)31)23(3,13-24)21-20-18-6-5-16(25)12-15(18)4-7-19(20)29(27-21)17-8-10-26-11-9-17/h4-12,14H,13H2,1-3H3,(H,30,31). The minimum Gasteiger partial charge on any atom is -0.465 e. The van der Waals surface area contributed by atoms with Crippen LogP contribution in [0.3, 0.4) is 0 Å². The van der Waals surface area contributed by atoms with Crippen molar-refractivity contribution >= 4 is 51.0 Å². The van der Waals surface area contributed by atoms with Gasteiger partial charge >= 0.3 is 6.09 Å². The Morgan fingerprint density at radius 1 is 1.19 bits per heavy atom. The molecule has 0 saturated carbocycles. The highest BCUT2D eigenvalue weighted by Gasteiger charge is 2.42. The van der Waals surface area contributed by atoms with Crippen LogP contribution in [0.25, 0.3) is 27.4 Å². The van der Waals surface area contributed by atoms with Crippen LogP contribution >= 0.6 is 23.2 Å². The number of alkyl halides is 1. The van der Waals surface area contributed by atoms with Gasteiger partial charge < -0.3 is 5.11 Å². The molecule has 4 rings (SSSR count). The Bertz CT molecular complexity index is 1270. The van der Waals surface area contributed by atoms with Crippen molar-refractivity contribution in [2.45, 2.75) is 32.4 Å². The van der Waals surface area contributed by atoms with Gasteiger partial charge in [-0.2, -0.15) is 5.10 Å². The molecule has 31 heavy (non-hydrogen) atoms. The number of carboxylic acid groups (broad SMARTS) is 1. The van der Waals surface area contributed by atoms with Crippen LogP contribution in [0.5, 0.6) is 0 Å². The van der Waals surface area contributed by atoms with Crippen LogP contribution in [0.15, 0.2) is 54.9 Å². The molecule has 0 radical (unpaired) electrons. The van der Waals surface area contributed by atoms with Crippen LogP contribution in [0.2, 0.25) is 5.02 Å². The summed E-state index contributed by atoms with van der Waals surface area (Å²) in [5.74, 6) is 0.0456. The average Bonchev–Trinajstić information content (AvgIpc) is 3.14. The van der Waals surface area contributed by atoms with E-state index < -0.39 is 11.6 Å². The van der Waals surface area contributed by atoms with Crippen LogP contribution in [-0.4, -0.2) is 42.8 Å². The molecule has 0 saturated heterocycles. The van der Waals surface area contributed by atoms with Gasteiger partial charge in [-0.1, -0.05) is 23.7 Å². The van der Waals surface area contributed by atoms with E-state index in [-0.39, 0.29) is 11.9 Å². The van der Waals surface area contributed by atoms with E-state index in [9.17, 15) is 9.90 Å². The molecule has 160 valence electrons. The van der Waals surface area contributed by atoms with Crippen LogP contribution in [0.1, 0.15) is 26.5 Å². The summed E-state index contributed by atoms with van der Waals surface area (Å²) in [6.07, 6.45) is 2.34. The van der Waals surface area contributed by atoms with Crippen LogP contribution in [0.4, 0.5) is 4.79 Å². The fraction of sp³-hybridized carbons (Fsp3) is 0.261. The molecule has 2 aromatic carbocycles. The summed E-state index contributed by atoms with van der Waals surface area (Å²) in [5, 5.41) is 18.3. The van der Waals surface area contributed by atoms with E-state index in [1.54, 1.807) is 12.4 Å². The number of nitrogens with zero attached hydrogens (tertiary/aromatic N) is 4. The second-order valence-corrected chi connectivity index (χ2v) is 8.65. The van der Waals surface area contributed by atoms with Gasteiger partial charge in [-0.25, -0.2) is 9.48 Å². The maximum atomic E-state index is 12.2. The Hall–Kier alpha value is -2.83. The zero-order valence-corrected chi connectivity index (χ0v) is 18.9. The van der Waals surface area contributed by atoms with Crippen molar-refractivity contribution in [3.8, 4) is 5.69 Å². The third-order valence-electron chi connectivity index (χ3n) is 5.56. The number of fused-ring (bicyclic) bond motifs is 3. The first-order valence-electron chi connectivity index (χ1n) is 9.88. The molecular weight excluding hydrogens is 435 g/mol. The van der Waals surface area contributed by atoms with Gasteiger partial charge in [0.05, 0.1) is 22.8 Å². The van der Waals surface area contributed by atoms with Gasteiger partial charge in [0, 0.05) is 28.8 Å². The van der Waals surface area contributed by atoms with E-state index in [0.717, 1.165) is 27.4 Å². The van der Waals surface area contributed by atoms with Crippen LogP contribution < -0.4 is 0 Å². The molecule has 0 bridgehead atoms. The number of benzene rings is 2. The zero-order valence-electron chi connectivity index (χ0n) is 17.4. The molecule has 1 atom stereocenters. The highest BCUT2D eigenvalue weighted by molar-refractivity contribution is 6.31. The number of halogens is 2. The molecule has 4 aromatic rings. The number of hydrogen-bond acceptors (Lipinski definition) is 3. The van der Waals surface area contributed by atoms with Gasteiger partial charge in [0.2, 0.25) is 0 Å². The van der Waals surface area contributed by atoms with Gasteiger partial charge in [0.15, 0.2) is 0 Å². The Kier molecular flexibility index (Phi) is 5.54. The second-order valence-electron chi connectivity index (χ2n) is 7.94. The maximum Gasteiger partial charge on any atom is 0.408 e. The summed E-state index contributed by atoms with van der Waals surface area (Å²) in [5.41, 5.74) is 1.20. The lowest BCUT2D eigenvalue weighted by Gasteiger charge is -2.40. The lowest BCUT2D eigenvalue weighted by Crippen LogP contribution is -2.52. The Morgan fingerprint density at radius 2 is 1.90 bits per heavy atom. The third kappa shape index (κ3) is 3.50. The van der Waals surface area contributed by atoms with Crippen molar-refractivity contribution in [3.63, 3.8) is 0 Å². The Balaban J connectivity index is 2.14. The van der Waals surface area contributed by atoms with Crippen molar-refractivity contribution in [2.24, 2.45) is 0 Å². The molecule has 1 unspecified atom stereocenters. The van der Waals surface area contributed by atoms with E-state index in [4.69, 9.17) is 28.3 Å². The van der Waals surface area contributed by atoms with E-state index >= 15 is 0 Å². The predicted octanol–water partition coefficient (Wildman–Crippen LogP) is 6.07. The van der Waals surface area contributed by atoms with Crippen molar-refractivity contribution < 1.29 is 9.90 Å². The quantitative estimate of drug-likeness (QED) is 0.370. The van der Waals surface area contributed by atoms with Crippen molar-refractivity contribution in [1.29, 1.82) is 0 Å². The summed E-state index contributed by atoms with van der Waals surface area (Å²) < 4.78 is 1.81. The van der Waals surface area contributed by atoms with Gasteiger partial charge in [-0.05, 0) is 61.9 Å². The summed E-state index contributed by atoms with van der Waals surface area (Å²) in [6.45, 7) is 5.49. The summed E-state index contributed by atoms with van der Waals surface area (Å²) in [4.78, 5) is 17.7. The lowest BCUT2D eigenvalue weighted by atomic mass is 9.91. The number of aromatic nitrogens is 3. The molecule has 2 heterocycles. The fourth-order valence-electron chi connectivity index (χ4n) is 4.22. The molecule has 2 aromatic heterocycles. The molecule has 8 heteroatoms. The van der Waals surface area contributed by atoms with Gasteiger partial charge in [0.1, 0.15) is 5.54 Å². The summed E-state index contributed by atoms with van der Waals surface area (Å²) in [7, 11) is 0. The molecule has 0 aliphatic heterocycles. The summed E-state index contributed by atoms with van der Waals surface area (Å²) >= 11 is 12.7. The van der Waals surface area contributed by atoms with Gasteiger partial charge in [-0.15, -0.1) is 11.6 Å². The lowest BCUT2D eigenvalue weighted by molar-refractivity contribution is 0.0708. The van der Waals surface area contributed by atoms with Crippen LogP contribution in [0, 0.1) is 0 Å². The molecule has 0 spiro atoms. The second kappa shape index (κ2) is 8.02. The SMILES string of the molecule is CC(C)N(C(=O)O)C(C)(CCl)c1nn(-c2ccncc2)c2ccc3cc(Cl)ccc3c12. The normalized spacial score (nSPS) is 13.6. The number of carbonyl (C=O) groups is 1. The number of hydrogen-bond donors (Lipinski definition) is 1. The first kappa shape index (κ1) is 21.4. The third-order valence-corrected chi connectivity index (χ3v) is 6.31. The molecular formula is C23H22Cl2N4O2. The number of pyridine rings is 1. The first-order valence-corrected chi connectivity index (χ1v) is 10.8. The smallest absolute Gasteiger partial charge is 0.408 e. The topological polar surface area (TPSA) is 71.2 Å². The van der Waals surface area contributed by atoms with E-state index in [0.29, 0.717) is 10.7 Å². The zero-order chi connectivity index (χ0) is 22.3. The van der Waals surface area contributed by atoms with Crippen molar-refractivity contribution in [1.82, 2.24) is 19.7 Å². The molecule has 0 aliphatic carbocycles. The molecule has 6 nitrogen and oxygen atoms in total. The maximum absolute atomic E-state index is 12.2. The monoisotopic (exact) mass is 456 g/mol. The number of rotatable bonds is 5. The van der Waals surface area contributed by atoms with E-state index in [2.05, 4.69) is 4.98 Å². The molecule has 1 N–H and O–H groups in total. The average molecular weight is 457 g/mol. The first-order chi connectivity index (χ1) is 14.8. The van der Waals surface area contributed by atoms with Crippen molar-refractivity contribution in [3.05, 3.63) is 65.6 Å². The minimum atomic E-state index is -1.06. The highest BCUT2D eigenvalue weighted by Crippen LogP contribution is 2.40. The molecule has 1 amide bonds. The highest BCUT2D eigenvalue weighted by atomic mass is 35.5. The minimum absolute atomic E-state index is 0.0456. The van der Waals surface area contributed by atoms with E-state index in [1.807, 2.05) is 67.9 Å². The van der Waals surface area contributed by atoms with E-state index in [1.165, 1.54) is 4.90 Å². The summed E-state index contributed by atoms with van der Waals surface area (Å²) in [6, 6.07) is 13.0. The number of amides is 1. The Morgan fingerprint density at radius 3 is 2.52 bits per heavy atom. The largest absolute Gasteiger partial charge is 0.465 e. The predicted molar refractivity (Wildman–Crippen MR) is 124 cm³/mol. The van der Waals surface area contributed by atoms with Gasteiger partial charge in [0.25, 0.3) is 0 Å². The molecule has 0 fully saturated rings. The Labute approximate surface area is 190 Å². The molecule has 0 aliphatic rings. The van der Waals surface area contributed by atoms with Gasteiger partial charge in [-0.3, -0.25) is 9.88 Å². The fourth-order valence-corrected chi connectivity index (χ4v) is 4.66. The van der Waals surface area contributed by atoms with Crippen LogP contribution in [-0.2, 0) is 5.54 Å². The van der Waals surface area contributed by atoms with Crippen molar-refractivity contribution in [2.75, 3.05) is 5.88 Å².